The Labute approximate surface area is 303 Å². The Morgan fingerprint density at radius 2 is 1.61 bits per heavy atom. The number of Topliss-reactive ketones (excluding diaryl/α,β-unsaturated/α-hetero) is 1. The number of nitrogens with zero attached hydrogens (tertiary/aromatic N) is 2. The number of ketones is 1. The van der Waals surface area contributed by atoms with Crippen molar-refractivity contribution in [2.75, 3.05) is 19.3 Å². The van der Waals surface area contributed by atoms with E-state index >= 15 is 0 Å². The highest BCUT2D eigenvalue weighted by Crippen LogP contribution is 2.35. The van der Waals surface area contributed by atoms with E-state index in [9.17, 15) is 32.4 Å². The van der Waals surface area contributed by atoms with Gasteiger partial charge >= 0.3 is 6.03 Å². The molecule has 0 aromatic heterocycles. The summed E-state index contributed by atoms with van der Waals surface area (Å²) < 4.78 is 26.4. The van der Waals surface area contributed by atoms with Crippen LogP contribution in [-0.4, -0.2) is 103 Å². The number of nitrogens with one attached hydrogen (secondary N) is 3. The van der Waals surface area contributed by atoms with Crippen LogP contribution in [0, 0.1) is 11.3 Å². The van der Waals surface area contributed by atoms with Gasteiger partial charge in [0.2, 0.25) is 17.6 Å². The van der Waals surface area contributed by atoms with Gasteiger partial charge in [0.25, 0.3) is 5.91 Å². The molecule has 1 aliphatic heterocycles. The molecule has 1 aromatic rings. The number of primary amides is 1. The number of amides is 5. The number of rotatable bonds is 15. The van der Waals surface area contributed by atoms with Crippen molar-refractivity contribution in [3.8, 4) is 0 Å². The molecule has 2 aliphatic carbocycles. The van der Waals surface area contributed by atoms with E-state index in [2.05, 4.69) is 16.0 Å². The molecule has 5 amide bonds. The van der Waals surface area contributed by atoms with Crippen LogP contribution in [0.15, 0.2) is 35.2 Å². The van der Waals surface area contributed by atoms with Crippen molar-refractivity contribution >= 4 is 39.4 Å². The SMILES string of the molecule is CC(C)N(C)C1CCN(C(=O)C(NC(=O)NC2(CCS(=O)(=O)c3ccccc3)CCCCC2)C(C)(C)C)C1C(=O)NC(CC1CC1)C(=O)C(N)=O. The Balaban J connectivity index is 1.55. The van der Waals surface area contributed by atoms with Gasteiger partial charge in [0.05, 0.1) is 16.7 Å². The number of benzene rings is 1. The number of sulfone groups is 1. The lowest BCUT2D eigenvalue weighted by Crippen LogP contribution is -2.64. The van der Waals surface area contributed by atoms with E-state index in [0.717, 1.165) is 32.1 Å². The first-order chi connectivity index (χ1) is 23.8. The Morgan fingerprint density at radius 1 is 0.980 bits per heavy atom. The van der Waals surface area contributed by atoms with Gasteiger partial charge in [0.15, 0.2) is 9.84 Å². The Bertz CT molecular complexity index is 1530. The van der Waals surface area contributed by atoms with Crippen molar-refractivity contribution in [3.05, 3.63) is 30.3 Å². The summed E-state index contributed by atoms with van der Waals surface area (Å²) in [5.74, 6) is -2.88. The molecule has 1 aromatic carbocycles. The summed E-state index contributed by atoms with van der Waals surface area (Å²) in [6, 6.07) is 4.24. The van der Waals surface area contributed by atoms with Crippen LogP contribution in [0.1, 0.15) is 98.8 Å². The van der Waals surface area contributed by atoms with E-state index in [1.807, 2.05) is 46.6 Å². The predicted molar refractivity (Wildman–Crippen MR) is 194 cm³/mol. The molecule has 0 spiro atoms. The number of nitrogens with two attached hydrogens (primary N) is 1. The summed E-state index contributed by atoms with van der Waals surface area (Å²) in [5, 5.41) is 8.79. The number of hydrogen-bond donors (Lipinski definition) is 4. The third kappa shape index (κ3) is 10.3. The Morgan fingerprint density at radius 3 is 2.16 bits per heavy atom. The van der Waals surface area contributed by atoms with Crippen molar-refractivity contribution in [1.82, 2.24) is 25.8 Å². The summed E-state index contributed by atoms with van der Waals surface area (Å²) >= 11 is 0. The summed E-state index contributed by atoms with van der Waals surface area (Å²) in [4.78, 5) is 70.9. The van der Waals surface area contributed by atoms with Gasteiger partial charge in [0.1, 0.15) is 12.1 Å². The minimum atomic E-state index is -3.58. The van der Waals surface area contributed by atoms with E-state index in [1.165, 1.54) is 4.90 Å². The molecule has 5 N–H and O–H groups in total. The van der Waals surface area contributed by atoms with E-state index < -0.39 is 68.5 Å². The van der Waals surface area contributed by atoms with Crippen molar-refractivity contribution in [1.29, 1.82) is 0 Å². The van der Waals surface area contributed by atoms with Crippen LogP contribution < -0.4 is 21.7 Å². The van der Waals surface area contributed by atoms with Gasteiger partial charge in [-0.1, -0.05) is 71.1 Å². The van der Waals surface area contributed by atoms with Crippen molar-refractivity contribution < 1.29 is 32.4 Å². The van der Waals surface area contributed by atoms with Crippen molar-refractivity contribution in [3.63, 3.8) is 0 Å². The monoisotopic (exact) mass is 730 g/mol. The predicted octanol–water partition coefficient (Wildman–Crippen LogP) is 2.92. The first-order valence-corrected chi connectivity index (χ1v) is 20.0. The van der Waals surface area contributed by atoms with Gasteiger partial charge in [-0.15, -0.1) is 0 Å². The van der Waals surface area contributed by atoms with Crippen LogP contribution in [0.2, 0.25) is 0 Å². The number of carbonyl (C=O) groups is 5. The highest BCUT2D eigenvalue weighted by molar-refractivity contribution is 7.91. The lowest BCUT2D eigenvalue weighted by molar-refractivity contribution is -0.144. The smallest absolute Gasteiger partial charge is 0.315 e. The quantitative estimate of drug-likeness (QED) is 0.198. The molecule has 0 bridgehead atoms. The fourth-order valence-electron chi connectivity index (χ4n) is 7.46. The third-order valence-electron chi connectivity index (χ3n) is 10.9. The maximum atomic E-state index is 14.5. The largest absolute Gasteiger partial charge is 0.363 e. The molecule has 4 rings (SSSR count). The third-order valence-corrected chi connectivity index (χ3v) is 12.7. The van der Waals surface area contributed by atoms with Crippen LogP contribution in [0.5, 0.6) is 0 Å². The molecule has 1 saturated heterocycles. The highest BCUT2D eigenvalue weighted by Gasteiger charge is 2.49. The number of likely N-dealkylation sites (N-methyl/N-ethyl adjacent to an activating group) is 1. The van der Waals surface area contributed by atoms with E-state index in [0.29, 0.717) is 25.7 Å². The number of carbonyl (C=O) groups excluding carboxylic acids is 5. The molecule has 3 fully saturated rings. The zero-order valence-electron chi connectivity index (χ0n) is 31.1. The standard InChI is InChI=1S/C37H58N6O7S/c1-24(2)42(6)28-17-21-43(29(28)33(46)39-27(23-25-15-16-25)30(44)32(38)45)34(47)31(36(3,4)5)40-35(48)41-37(18-11-8-12-19-37)20-22-51(49,50)26-13-9-7-10-14-26/h7,9-10,13-14,24-25,27-29,31H,8,11-12,15-23H2,1-6H3,(H2,38,45)(H,39,46)(H2,40,41,48). The summed E-state index contributed by atoms with van der Waals surface area (Å²) in [5.41, 5.74) is 3.80. The number of hydrogen-bond acceptors (Lipinski definition) is 8. The van der Waals surface area contributed by atoms with Crippen molar-refractivity contribution in [2.45, 2.75) is 139 Å². The van der Waals surface area contributed by atoms with Gasteiger partial charge in [-0.2, -0.15) is 0 Å². The molecule has 3 aliphatic rings. The van der Waals surface area contributed by atoms with Crippen LogP contribution in [-0.2, 0) is 29.0 Å². The summed E-state index contributed by atoms with van der Waals surface area (Å²) in [6.45, 7) is 9.72. The average molecular weight is 731 g/mol. The average Bonchev–Trinajstić information content (AvgIpc) is 3.79. The van der Waals surface area contributed by atoms with Crippen molar-refractivity contribution in [2.24, 2.45) is 17.1 Å². The molecule has 1 heterocycles. The first kappa shape index (κ1) is 40.3. The molecule has 14 heteroatoms. The molecular formula is C37H58N6O7S. The second kappa shape index (κ2) is 16.4. The van der Waals surface area contributed by atoms with E-state index in [-0.39, 0.29) is 41.6 Å². The van der Waals surface area contributed by atoms with E-state index in [1.54, 1.807) is 30.3 Å². The van der Waals surface area contributed by atoms with Crippen LogP contribution >= 0.6 is 0 Å². The molecule has 0 radical (unpaired) electrons. The molecule has 13 nitrogen and oxygen atoms in total. The fraction of sp³-hybridized carbons (Fsp3) is 0.703. The molecule has 4 unspecified atom stereocenters. The van der Waals surface area contributed by atoms with Gasteiger partial charge in [-0.25, -0.2) is 13.2 Å². The molecular weight excluding hydrogens is 673 g/mol. The van der Waals surface area contributed by atoms with Crippen LogP contribution in [0.25, 0.3) is 0 Å². The molecule has 51 heavy (non-hydrogen) atoms. The van der Waals surface area contributed by atoms with Gasteiger partial charge in [0, 0.05) is 24.2 Å². The first-order valence-electron chi connectivity index (χ1n) is 18.4. The van der Waals surface area contributed by atoms with E-state index in [4.69, 9.17) is 5.73 Å². The molecule has 284 valence electrons. The lowest BCUT2D eigenvalue weighted by atomic mass is 9.79. The second-order valence-electron chi connectivity index (χ2n) is 16.2. The Hall–Kier alpha value is -3.52. The Kier molecular flexibility index (Phi) is 13.0. The second-order valence-corrected chi connectivity index (χ2v) is 18.3. The zero-order valence-corrected chi connectivity index (χ0v) is 31.9. The normalized spacial score (nSPS) is 21.9. The van der Waals surface area contributed by atoms with Gasteiger partial charge in [-0.3, -0.25) is 24.1 Å². The maximum Gasteiger partial charge on any atom is 0.315 e. The van der Waals surface area contributed by atoms with Gasteiger partial charge < -0.3 is 26.6 Å². The highest BCUT2D eigenvalue weighted by atomic mass is 32.2. The minimum Gasteiger partial charge on any atom is -0.363 e. The molecule has 2 saturated carbocycles. The summed E-state index contributed by atoms with van der Waals surface area (Å²) in [6.07, 6.45) is 6.70. The van der Waals surface area contributed by atoms with Crippen LogP contribution in [0.3, 0.4) is 0 Å². The van der Waals surface area contributed by atoms with Gasteiger partial charge in [-0.05, 0) is 76.5 Å². The number of urea groups is 1. The topological polar surface area (TPSA) is 188 Å². The fourth-order valence-corrected chi connectivity index (χ4v) is 8.93. The lowest BCUT2D eigenvalue weighted by Gasteiger charge is -2.41. The zero-order chi connectivity index (χ0) is 37.7. The van der Waals surface area contributed by atoms with Crippen LogP contribution in [0.4, 0.5) is 4.79 Å². The molecule has 4 atom stereocenters. The number of likely N-dealkylation sites (tertiary alicyclic amines) is 1. The minimum absolute atomic E-state index is 0.0366. The summed E-state index contributed by atoms with van der Waals surface area (Å²) in [7, 11) is -1.70. The maximum absolute atomic E-state index is 14.5.